The normalized spacial score (nSPS) is 13.8. The molecule has 1 saturated heterocycles. The minimum absolute atomic E-state index is 0.0153. The van der Waals surface area contributed by atoms with E-state index in [0.29, 0.717) is 24.1 Å². The zero-order valence-electron chi connectivity index (χ0n) is 18.2. The molecule has 1 aliphatic rings. The highest BCUT2D eigenvalue weighted by atomic mass is 32.2. The Labute approximate surface area is 195 Å². The topological polar surface area (TPSA) is 98.7 Å². The van der Waals surface area contributed by atoms with Crippen molar-refractivity contribution < 1.29 is 18.7 Å². The Morgan fingerprint density at radius 1 is 1.09 bits per heavy atom. The Hall–Kier alpha value is -3.47. The van der Waals surface area contributed by atoms with Crippen molar-refractivity contribution in [2.24, 2.45) is 0 Å². The van der Waals surface area contributed by atoms with Crippen LogP contribution < -0.4 is 20.2 Å². The van der Waals surface area contributed by atoms with E-state index in [1.165, 1.54) is 28.6 Å². The SMILES string of the molecule is COc1ccc(N2CCN(C(=O)CSc3nnc(COc4ccccc4F)n3N)CC2)cc1. The molecule has 0 bridgehead atoms. The quantitative estimate of drug-likeness (QED) is 0.393. The fourth-order valence-corrected chi connectivity index (χ4v) is 4.21. The first kappa shape index (κ1) is 22.7. The van der Waals surface area contributed by atoms with Crippen LogP contribution in [0.4, 0.5) is 10.1 Å². The van der Waals surface area contributed by atoms with Crippen LogP contribution in [0, 0.1) is 5.82 Å². The molecule has 0 radical (unpaired) electrons. The van der Waals surface area contributed by atoms with E-state index in [4.69, 9.17) is 15.3 Å². The van der Waals surface area contributed by atoms with Gasteiger partial charge in [0.15, 0.2) is 17.4 Å². The molecule has 0 spiro atoms. The molecule has 9 nitrogen and oxygen atoms in total. The van der Waals surface area contributed by atoms with Crippen LogP contribution in [0.25, 0.3) is 0 Å². The molecule has 0 unspecified atom stereocenters. The Bertz CT molecular complexity index is 1090. The van der Waals surface area contributed by atoms with E-state index in [2.05, 4.69) is 15.1 Å². The van der Waals surface area contributed by atoms with E-state index in [1.54, 1.807) is 19.2 Å². The number of piperazine rings is 1. The van der Waals surface area contributed by atoms with Gasteiger partial charge in [0, 0.05) is 31.9 Å². The van der Waals surface area contributed by atoms with E-state index < -0.39 is 5.82 Å². The second kappa shape index (κ2) is 10.4. The molecule has 11 heteroatoms. The smallest absolute Gasteiger partial charge is 0.233 e. The van der Waals surface area contributed by atoms with Gasteiger partial charge >= 0.3 is 0 Å². The molecule has 0 atom stereocenters. The summed E-state index contributed by atoms with van der Waals surface area (Å²) in [5.41, 5.74) is 1.11. The summed E-state index contributed by atoms with van der Waals surface area (Å²) in [6.07, 6.45) is 0. The molecule has 2 N–H and O–H groups in total. The van der Waals surface area contributed by atoms with E-state index >= 15 is 0 Å². The number of carbonyl (C=O) groups excluding carboxylic acids is 1. The Morgan fingerprint density at radius 2 is 1.82 bits per heavy atom. The number of rotatable bonds is 8. The summed E-state index contributed by atoms with van der Waals surface area (Å²) in [5, 5.41) is 8.40. The highest BCUT2D eigenvalue weighted by Crippen LogP contribution is 2.22. The average Bonchev–Trinajstić information content (AvgIpc) is 3.21. The monoisotopic (exact) mass is 472 g/mol. The van der Waals surface area contributed by atoms with Crippen molar-refractivity contribution in [2.75, 3.05) is 49.8 Å². The number of amides is 1. The number of benzene rings is 2. The summed E-state index contributed by atoms with van der Waals surface area (Å²) in [4.78, 5) is 16.8. The third-order valence-corrected chi connectivity index (χ3v) is 6.25. The number of halogens is 1. The standard InChI is InChI=1S/C22H25FN6O3S/c1-31-17-8-6-16(7-9-17)27-10-12-28(13-11-27)21(30)15-33-22-26-25-20(29(22)24)14-32-19-5-3-2-4-18(19)23/h2-9H,10-15,24H2,1H3. The van der Waals surface area contributed by atoms with Crippen LogP contribution in [0.2, 0.25) is 0 Å². The van der Waals surface area contributed by atoms with Crippen LogP contribution in [-0.4, -0.2) is 64.7 Å². The molecular formula is C22H25FN6O3S. The number of aromatic nitrogens is 3. The predicted octanol–water partition coefficient (Wildman–Crippen LogP) is 2.16. The number of para-hydroxylation sites is 1. The number of thioether (sulfide) groups is 1. The molecule has 1 aliphatic heterocycles. The molecule has 0 aliphatic carbocycles. The maximum absolute atomic E-state index is 13.7. The molecule has 1 aromatic heterocycles. The second-order valence-corrected chi connectivity index (χ2v) is 8.28. The van der Waals surface area contributed by atoms with Crippen molar-refractivity contribution >= 4 is 23.4 Å². The zero-order chi connectivity index (χ0) is 23.2. The largest absolute Gasteiger partial charge is 0.497 e. The molecule has 2 aromatic carbocycles. The second-order valence-electron chi connectivity index (χ2n) is 7.34. The van der Waals surface area contributed by atoms with Crippen molar-refractivity contribution in [2.45, 2.75) is 11.8 Å². The molecule has 4 rings (SSSR count). The van der Waals surface area contributed by atoms with E-state index in [1.807, 2.05) is 29.2 Å². The van der Waals surface area contributed by atoms with E-state index in [9.17, 15) is 9.18 Å². The number of nitrogens with zero attached hydrogens (tertiary/aromatic N) is 5. The maximum atomic E-state index is 13.7. The first-order valence-corrected chi connectivity index (χ1v) is 11.4. The molecule has 2 heterocycles. The Morgan fingerprint density at radius 3 is 2.52 bits per heavy atom. The lowest BCUT2D eigenvalue weighted by molar-refractivity contribution is -0.128. The van der Waals surface area contributed by atoms with Gasteiger partial charge in [-0.15, -0.1) is 10.2 Å². The highest BCUT2D eigenvalue weighted by Gasteiger charge is 2.22. The van der Waals surface area contributed by atoms with Crippen molar-refractivity contribution in [1.29, 1.82) is 0 Å². The van der Waals surface area contributed by atoms with Gasteiger partial charge in [0.1, 0.15) is 12.4 Å². The van der Waals surface area contributed by atoms with Crippen LogP contribution in [0.1, 0.15) is 5.82 Å². The van der Waals surface area contributed by atoms with Gasteiger partial charge in [0.05, 0.1) is 12.9 Å². The number of carbonyl (C=O) groups is 1. The third-order valence-electron chi connectivity index (χ3n) is 5.32. The minimum atomic E-state index is -0.465. The summed E-state index contributed by atoms with van der Waals surface area (Å²) in [6.45, 7) is 2.76. The van der Waals surface area contributed by atoms with Crippen molar-refractivity contribution in [1.82, 2.24) is 19.8 Å². The number of hydrogen-bond donors (Lipinski definition) is 1. The van der Waals surface area contributed by atoms with Gasteiger partial charge in [-0.1, -0.05) is 23.9 Å². The first-order chi connectivity index (χ1) is 16.0. The summed E-state index contributed by atoms with van der Waals surface area (Å²) in [5.74, 6) is 7.04. The summed E-state index contributed by atoms with van der Waals surface area (Å²) >= 11 is 1.21. The number of hydrogen-bond acceptors (Lipinski definition) is 8. The number of methoxy groups -OCH3 is 1. The van der Waals surface area contributed by atoms with Gasteiger partial charge < -0.3 is 25.1 Å². The summed E-state index contributed by atoms with van der Waals surface area (Å²) in [6, 6.07) is 14.0. The Balaban J connectivity index is 1.25. The van der Waals surface area contributed by atoms with Crippen molar-refractivity contribution in [3.63, 3.8) is 0 Å². The maximum Gasteiger partial charge on any atom is 0.233 e. The van der Waals surface area contributed by atoms with Crippen molar-refractivity contribution in [3.8, 4) is 11.5 Å². The zero-order valence-corrected chi connectivity index (χ0v) is 19.0. The highest BCUT2D eigenvalue weighted by molar-refractivity contribution is 7.99. The fraction of sp³-hybridized carbons (Fsp3) is 0.318. The molecule has 1 fully saturated rings. The molecule has 3 aromatic rings. The van der Waals surface area contributed by atoms with Gasteiger partial charge in [0.25, 0.3) is 0 Å². The Kier molecular flexibility index (Phi) is 7.18. The minimum Gasteiger partial charge on any atom is -0.497 e. The van der Waals surface area contributed by atoms with Crippen LogP contribution in [-0.2, 0) is 11.4 Å². The molecule has 0 saturated carbocycles. The van der Waals surface area contributed by atoms with E-state index in [-0.39, 0.29) is 24.0 Å². The lowest BCUT2D eigenvalue weighted by atomic mass is 10.2. The number of anilines is 1. The average molecular weight is 473 g/mol. The summed E-state index contributed by atoms with van der Waals surface area (Å²) < 4.78 is 25.6. The van der Waals surface area contributed by atoms with E-state index in [0.717, 1.165) is 24.5 Å². The van der Waals surface area contributed by atoms with Crippen LogP contribution in [0.5, 0.6) is 11.5 Å². The van der Waals surface area contributed by atoms with Gasteiger partial charge in [0.2, 0.25) is 11.1 Å². The number of nitrogen functional groups attached to an aromatic ring is 1. The molecule has 1 amide bonds. The molecule has 33 heavy (non-hydrogen) atoms. The first-order valence-electron chi connectivity index (χ1n) is 10.4. The predicted molar refractivity (Wildman–Crippen MR) is 123 cm³/mol. The van der Waals surface area contributed by atoms with Gasteiger partial charge in [-0.2, -0.15) is 0 Å². The third kappa shape index (κ3) is 5.48. The van der Waals surface area contributed by atoms with Gasteiger partial charge in [-0.25, -0.2) is 9.07 Å². The van der Waals surface area contributed by atoms with Gasteiger partial charge in [-0.3, -0.25) is 4.79 Å². The lowest BCUT2D eigenvalue weighted by Gasteiger charge is -2.36. The lowest BCUT2D eigenvalue weighted by Crippen LogP contribution is -2.49. The van der Waals surface area contributed by atoms with Crippen LogP contribution in [0.3, 0.4) is 0 Å². The van der Waals surface area contributed by atoms with Crippen LogP contribution in [0.15, 0.2) is 53.7 Å². The molecular weight excluding hydrogens is 447 g/mol. The number of nitrogens with two attached hydrogens (primary N) is 1. The fourth-order valence-electron chi connectivity index (χ4n) is 3.43. The van der Waals surface area contributed by atoms with Gasteiger partial charge in [-0.05, 0) is 36.4 Å². The van der Waals surface area contributed by atoms with Crippen LogP contribution >= 0.6 is 11.8 Å². The van der Waals surface area contributed by atoms with Crippen molar-refractivity contribution in [3.05, 3.63) is 60.2 Å². The number of ether oxygens (including phenoxy) is 2. The molecule has 174 valence electrons. The summed E-state index contributed by atoms with van der Waals surface area (Å²) in [7, 11) is 1.64.